The molecule has 0 spiro atoms. The molecule has 0 bridgehead atoms. The Morgan fingerprint density at radius 1 is 1.08 bits per heavy atom. The number of rotatable bonds is 6. The summed E-state index contributed by atoms with van der Waals surface area (Å²) in [7, 11) is 0. The maximum atomic E-state index is 13.4. The van der Waals surface area contributed by atoms with E-state index in [4.69, 9.17) is 9.15 Å². The minimum atomic E-state index is -0.500. The number of furan rings is 1. The molecular weight excluding hydrogens is 389 g/mol. The number of benzene rings is 2. The smallest absolute Gasteiger partial charge is 0.258 e. The summed E-state index contributed by atoms with van der Waals surface area (Å²) in [4.78, 5) is 11.8. The molecule has 0 aliphatic heterocycles. The Morgan fingerprint density at radius 3 is 2.60 bits per heavy atom. The van der Waals surface area contributed by atoms with Crippen LogP contribution in [0.25, 0.3) is 11.3 Å². The van der Waals surface area contributed by atoms with Crippen molar-refractivity contribution < 1.29 is 18.3 Å². The van der Waals surface area contributed by atoms with Gasteiger partial charge in [-0.2, -0.15) is 0 Å². The standard InChI is InChI=1S/C19H15BrFNO3/c20-14-7-5-13(6-8-14)17-10-9-15(25-17)11-22-19(23)12-24-18-4-2-1-3-16(18)21/h1-10H,11-12H2,(H,22,23). The van der Waals surface area contributed by atoms with E-state index in [0.29, 0.717) is 5.76 Å². The molecule has 128 valence electrons. The van der Waals surface area contributed by atoms with E-state index in [1.165, 1.54) is 12.1 Å². The SMILES string of the molecule is O=C(COc1ccccc1F)NCc1ccc(-c2ccc(Br)cc2)o1. The van der Waals surface area contributed by atoms with Gasteiger partial charge in [0.1, 0.15) is 11.5 Å². The lowest BCUT2D eigenvalue weighted by Gasteiger charge is -2.07. The summed E-state index contributed by atoms with van der Waals surface area (Å²) >= 11 is 3.39. The number of ether oxygens (including phenoxy) is 1. The summed E-state index contributed by atoms with van der Waals surface area (Å²) in [6.45, 7) is -0.0306. The van der Waals surface area contributed by atoms with Gasteiger partial charge in [-0.25, -0.2) is 4.39 Å². The zero-order valence-corrected chi connectivity index (χ0v) is 14.8. The number of halogens is 2. The van der Waals surface area contributed by atoms with Crippen molar-refractivity contribution in [2.45, 2.75) is 6.54 Å². The Balaban J connectivity index is 1.51. The number of nitrogens with one attached hydrogen (secondary N) is 1. The van der Waals surface area contributed by atoms with Crippen LogP contribution in [0.4, 0.5) is 4.39 Å². The molecule has 1 heterocycles. The highest BCUT2D eigenvalue weighted by Gasteiger charge is 2.08. The van der Waals surface area contributed by atoms with Gasteiger partial charge in [-0.3, -0.25) is 4.79 Å². The fourth-order valence-electron chi connectivity index (χ4n) is 2.18. The third kappa shape index (κ3) is 4.70. The van der Waals surface area contributed by atoms with Gasteiger partial charge in [0.2, 0.25) is 0 Å². The number of hydrogen-bond acceptors (Lipinski definition) is 3. The van der Waals surface area contributed by atoms with Gasteiger partial charge in [0, 0.05) is 10.0 Å². The fourth-order valence-corrected chi connectivity index (χ4v) is 2.45. The van der Waals surface area contributed by atoms with Crippen LogP contribution < -0.4 is 10.1 Å². The highest BCUT2D eigenvalue weighted by molar-refractivity contribution is 9.10. The zero-order valence-electron chi connectivity index (χ0n) is 13.2. The van der Waals surface area contributed by atoms with Crippen molar-refractivity contribution in [3.05, 3.63) is 76.7 Å². The maximum Gasteiger partial charge on any atom is 0.258 e. The van der Waals surface area contributed by atoms with Crippen LogP contribution in [-0.2, 0) is 11.3 Å². The van der Waals surface area contributed by atoms with Gasteiger partial charge in [-0.15, -0.1) is 0 Å². The summed E-state index contributed by atoms with van der Waals surface area (Å²) in [5.74, 6) is 0.537. The molecule has 3 aromatic rings. The van der Waals surface area contributed by atoms with Crippen molar-refractivity contribution in [3.63, 3.8) is 0 Å². The molecule has 0 saturated carbocycles. The summed E-state index contributed by atoms with van der Waals surface area (Å²) < 4.78 is 25.3. The van der Waals surface area contributed by atoms with E-state index in [1.807, 2.05) is 30.3 Å². The second kappa shape index (κ2) is 7.98. The van der Waals surface area contributed by atoms with Crippen molar-refractivity contribution >= 4 is 21.8 Å². The number of para-hydroxylation sites is 1. The van der Waals surface area contributed by atoms with Gasteiger partial charge in [0.25, 0.3) is 5.91 Å². The molecule has 0 aliphatic carbocycles. The first-order chi connectivity index (χ1) is 12.1. The third-order valence-electron chi connectivity index (χ3n) is 3.45. The highest BCUT2D eigenvalue weighted by Crippen LogP contribution is 2.24. The Morgan fingerprint density at radius 2 is 1.84 bits per heavy atom. The lowest BCUT2D eigenvalue weighted by molar-refractivity contribution is -0.123. The molecule has 3 rings (SSSR count). The Hall–Kier alpha value is -2.60. The first-order valence-corrected chi connectivity index (χ1v) is 8.40. The van der Waals surface area contributed by atoms with E-state index < -0.39 is 5.82 Å². The second-order valence-electron chi connectivity index (χ2n) is 5.27. The van der Waals surface area contributed by atoms with Crippen LogP contribution in [0.5, 0.6) is 5.75 Å². The average Bonchev–Trinajstić information content (AvgIpc) is 3.09. The molecule has 0 saturated heterocycles. The van der Waals surface area contributed by atoms with E-state index >= 15 is 0 Å². The van der Waals surface area contributed by atoms with Gasteiger partial charge < -0.3 is 14.5 Å². The largest absolute Gasteiger partial charge is 0.481 e. The van der Waals surface area contributed by atoms with Gasteiger partial charge in [-0.1, -0.05) is 40.2 Å². The minimum absolute atomic E-state index is 0.0492. The van der Waals surface area contributed by atoms with E-state index in [0.717, 1.165) is 15.8 Å². The van der Waals surface area contributed by atoms with Crippen LogP contribution in [0.1, 0.15) is 5.76 Å². The Bertz CT molecular complexity index is 861. The molecule has 2 aromatic carbocycles. The number of amides is 1. The van der Waals surface area contributed by atoms with Gasteiger partial charge in [0.15, 0.2) is 18.2 Å². The third-order valence-corrected chi connectivity index (χ3v) is 3.97. The fraction of sp³-hybridized carbons (Fsp3) is 0.105. The van der Waals surface area contributed by atoms with Crippen molar-refractivity contribution in [3.8, 4) is 17.1 Å². The van der Waals surface area contributed by atoms with Crippen molar-refractivity contribution in [1.82, 2.24) is 5.32 Å². The number of carbonyl (C=O) groups is 1. The molecule has 0 aliphatic rings. The predicted octanol–water partition coefficient (Wildman–Crippen LogP) is 4.54. The molecule has 1 amide bonds. The summed E-state index contributed by atoms with van der Waals surface area (Å²) in [6.07, 6.45) is 0. The lowest BCUT2D eigenvalue weighted by Crippen LogP contribution is -2.28. The predicted molar refractivity (Wildman–Crippen MR) is 95.6 cm³/mol. The molecule has 0 radical (unpaired) electrons. The minimum Gasteiger partial charge on any atom is -0.481 e. The Kier molecular flexibility index (Phi) is 5.50. The van der Waals surface area contributed by atoms with Crippen LogP contribution in [-0.4, -0.2) is 12.5 Å². The number of carbonyl (C=O) groups excluding carboxylic acids is 1. The molecule has 0 unspecified atom stereocenters. The molecule has 0 fully saturated rings. The van der Waals surface area contributed by atoms with Gasteiger partial charge >= 0.3 is 0 Å². The quantitative estimate of drug-likeness (QED) is 0.656. The first-order valence-electron chi connectivity index (χ1n) is 7.60. The molecule has 25 heavy (non-hydrogen) atoms. The summed E-state index contributed by atoms with van der Waals surface area (Å²) in [5.41, 5.74) is 0.948. The van der Waals surface area contributed by atoms with Gasteiger partial charge in [0.05, 0.1) is 6.54 Å². The van der Waals surface area contributed by atoms with E-state index in [9.17, 15) is 9.18 Å². The molecule has 4 nitrogen and oxygen atoms in total. The van der Waals surface area contributed by atoms with Crippen LogP contribution in [0, 0.1) is 5.82 Å². The molecule has 1 aromatic heterocycles. The van der Waals surface area contributed by atoms with Gasteiger partial charge in [-0.05, 0) is 36.4 Å². The molecule has 1 N–H and O–H groups in total. The Labute approximate surface area is 152 Å². The summed E-state index contributed by atoms with van der Waals surface area (Å²) in [5, 5.41) is 2.67. The highest BCUT2D eigenvalue weighted by atomic mass is 79.9. The zero-order chi connectivity index (χ0) is 17.6. The summed E-state index contributed by atoms with van der Waals surface area (Å²) in [6, 6.07) is 17.3. The normalized spacial score (nSPS) is 10.5. The second-order valence-corrected chi connectivity index (χ2v) is 6.18. The molecule has 0 atom stereocenters. The van der Waals surface area contributed by atoms with Crippen molar-refractivity contribution in [1.29, 1.82) is 0 Å². The monoisotopic (exact) mass is 403 g/mol. The van der Waals surface area contributed by atoms with Crippen LogP contribution in [0.15, 0.2) is 69.6 Å². The number of hydrogen-bond donors (Lipinski definition) is 1. The van der Waals surface area contributed by atoms with E-state index in [-0.39, 0.29) is 24.8 Å². The average molecular weight is 404 g/mol. The van der Waals surface area contributed by atoms with Crippen LogP contribution >= 0.6 is 15.9 Å². The van der Waals surface area contributed by atoms with E-state index in [1.54, 1.807) is 18.2 Å². The van der Waals surface area contributed by atoms with Crippen LogP contribution in [0.2, 0.25) is 0 Å². The molecule has 6 heteroatoms. The maximum absolute atomic E-state index is 13.4. The lowest BCUT2D eigenvalue weighted by atomic mass is 10.2. The van der Waals surface area contributed by atoms with E-state index in [2.05, 4.69) is 21.2 Å². The van der Waals surface area contributed by atoms with Crippen molar-refractivity contribution in [2.75, 3.05) is 6.61 Å². The molecular formula is C19H15BrFNO3. The van der Waals surface area contributed by atoms with Crippen molar-refractivity contribution in [2.24, 2.45) is 0 Å². The first kappa shape index (κ1) is 17.2. The topological polar surface area (TPSA) is 51.5 Å². The van der Waals surface area contributed by atoms with Crippen LogP contribution in [0.3, 0.4) is 0 Å².